The molecule has 2 aromatic rings. The number of hydrogen-bond acceptors (Lipinski definition) is 3. The lowest BCUT2D eigenvalue weighted by Gasteiger charge is -2.04. The Labute approximate surface area is 99.7 Å². The Balaban J connectivity index is 1.69. The fourth-order valence-electron chi connectivity index (χ4n) is 2.32. The third-order valence-electron chi connectivity index (χ3n) is 3.27. The number of nitrogens with one attached hydrogen (secondary N) is 1. The fourth-order valence-corrected chi connectivity index (χ4v) is 3.30. The van der Waals surface area contributed by atoms with Crippen molar-refractivity contribution in [2.45, 2.75) is 19.3 Å². The highest BCUT2D eigenvalue weighted by Gasteiger charge is 2.14. The van der Waals surface area contributed by atoms with Gasteiger partial charge in [0.05, 0.1) is 15.2 Å². The molecule has 1 aromatic heterocycles. The summed E-state index contributed by atoms with van der Waals surface area (Å²) in [6, 6.07) is 8.41. The Hall–Kier alpha value is -0.930. The number of para-hydroxylation sites is 1. The molecule has 3 rings (SSSR count). The lowest BCUT2D eigenvalue weighted by Crippen LogP contribution is -2.09. The maximum absolute atomic E-state index is 4.67. The zero-order valence-electron chi connectivity index (χ0n) is 9.28. The van der Waals surface area contributed by atoms with E-state index in [0.717, 1.165) is 17.9 Å². The Morgan fingerprint density at radius 2 is 2.31 bits per heavy atom. The van der Waals surface area contributed by atoms with Crippen molar-refractivity contribution in [3.8, 4) is 0 Å². The van der Waals surface area contributed by atoms with E-state index in [1.165, 1.54) is 35.6 Å². The van der Waals surface area contributed by atoms with Gasteiger partial charge in [-0.2, -0.15) is 0 Å². The lowest BCUT2D eigenvalue weighted by molar-refractivity contribution is 0.532. The highest BCUT2D eigenvalue weighted by Crippen LogP contribution is 2.24. The maximum atomic E-state index is 4.67. The van der Waals surface area contributed by atoms with E-state index in [-0.39, 0.29) is 0 Å². The topological polar surface area (TPSA) is 24.9 Å². The van der Waals surface area contributed by atoms with Crippen molar-refractivity contribution in [3.05, 3.63) is 29.3 Å². The molecule has 1 aliphatic rings. The van der Waals surface area contributed by atoms with Gasteiger partial charge in [-0.1, -0.05) is 12.1 Å². The van der Waals surface area contributed by atoms with E-state index >= 15 is 0 Å². The third-order valence-corrected chi connectivity index (χ3v) is 4.36. The second-order valence-electron chi connectivity index (χ2n) is 4.47. The molecule has 0 saturated carbocycles. The van der Waals surface area contributed by atoms with Crippen LogP contribution in [0.15, 0.2) is 24.3 Å². The monoisotopic (exact) mass is 232 g/mol. The summed E-state index contributed by atoms with van der Waals surface area (Å²) in [5, 5.41) is 4.72. The van der Waals surface area contributed by atoms with Crippen molar-refractivity contribution in [3.63, 3.8) is 0 Å². The van der Waals surface area contributed by atoms with Crippen LogP contribution in [-0.4, -0.2) is 18.1 Å². The average Bonchev–Trinajstić information content (AvgIpc) is 2.95. The molecule has 84 valence electrons. The molecule has 1 atom stereocenters. The van der Waals surface area contributed by atoms with E-state index in [1.54, 1.807) is 0 Å². The minimum atomic E-state index is 0.868. The predicted octanol–water partition coefficient (Wildman–Crippen LogP) is 2.84. The maximum Gasteiger partial charge on any atom is 0.0938 e. The number of rotatable bonds is 3. The molecule has 0 amide bonds. The van der Waals surface area contributed by atoms with Gasteiger partial charge in [-0.15, -0.1) is 11.3 Å². The number of nitrogens with zero attached hydrogens (tertiary/aromatic N) is 1. The second kappa shape index (κ2) is 4.52. The number of thiazole rings is 1. The summed E-state index contributed by atoms with van der Waals surface area (Å²) >= 11 is 1.85. The first-order chi connectivity index (χ1) is 7.92. The van der Waals surface area contributed by atoms with Crippen LogP contribution >= 0.6 is 11.3 Å². The molecule has 1 saturated heterocycles. The smallest absolute Gasteiger partial charge is 0.0938 e. The fraction of sp³-hybridized carbons (Fsp3) is 0.462. The van der Waals surface area contributed by atoms with E-state index in [1.807, 2.05) is 11.3 Å². The van der Waals surface area contributed by atoms with Gasteiger partial charge < -0.3 is 5.32 Å². The van der Waals surface area contributed by atoms with Crippen LogP contribution in [0.2, 0.25) is 0 Å². The molecule has 1 aromatic carbocycles. The first-order valence-corrected chi connectivity index (χ1v) is 6.78. The molecule has 3 heteroatoms. The van der Waals surface area contributed by atoms with E-state index < -0.39 is 0 Å². The number of benzene rings is 1. The van der Waals surface area contributed by atoms with Crippen LogP contribution in [0.3, 0.4) is 0 Å². The number of aromatic nitrogens is 1. The molecule has 1 fully saturated rings. The Bertz CT molecular complexity index is 438. The van der Waals surface area contributed by atoms with Gasteiger partial charge in [0.15, 0.2) is 0 Å². The minimum Gasteiger partial charge on any atom is -0.316 e. The van der Waals surface area contributed by atoms with Gasteiger partial charge in [0.25, 0.3) is 0 Å². The van der Waals surface area contributed by atoms with Gasteiger partial charge >= 0.3 is 0 Å². The van der Waals surface area contributed by atoms with Gasteiger partial charge in [-0.3, -0.25) is 0 Å². The normalized spacial score (nSPS) is 20.6. The van der Waals surface area contributed by atoms with Crippen LogP contribution in [0.4, 0.5) is 0 Å². The Kier molecular flexibility index (Phi) is 2.89. The van der Waals surface area contributed by atoms with Crippen LogP contribution in [0.25, 0.3) is 10.2 Å². The van der Waals surface area contributed by atoms with Crippen molar-refractivity contribution >= 4 is 21.6 Å². The molecule has 1 unspecified atom stereocenters. The van der Waals surface area contributed by atoms with Crippen molar-refractivity contribution < 1.29 is 0 Å². The quantitative estimate of drug-likeness (QED) is 0.880. The summed E-state index contributed by atoms with van der Waals surface area (Å²) in [6.07, 6.45) is 3.77. The molecule has 2 nitrogen and oxygen atoms in total. The highest BCUT2D eigenvalue weighted by molar-refractivity contribution is 7.18. The SMILES string of the molecule is c1ccc2sc(CCC3CCNC3)nc2c1. The molecule has 0 bridgehead atoms. The largest absolute Gasteiger partial charge is 0.316 e. The minimum absolute atomic E-state index is 0.868. The second-order valence-corrected chi connectivity index (χ2v) is 5.59. The number of fused-ring (bicyclic) bond motifs is 1. The van der Waals surface area contributed by atoms with E-state index in [9.17, 15) is 0 Å². The Morgan fingerprint density at radius 1 is 1.38 bits per heavy atom. The summed E-state index contributed by atoms with van der Waals surface area (Å²) in [6.45, 7) is 2.40. The zero-order valence-corrected chi connectivity index (χ0v) is 10.1. The summed E-state index contributed by atoms with van der Waals surface area (Å²) in [5.74, 6) is 0.868. The van der Waals surface area contributed by atoms with Gasteiger partial charge in [-0.05, 0) is 50.4 Å². The van der Waals surface area contributed by atoms with Gasteiger partial charge in [0.2, 0.25) is 0 Å². The molecule has 0 radical (unpaired) electrons. The standard InChI is InChI=1S/C13H16N2S/c1-2-4-12-11(3-1)15-13(16-12)6-5-10-7-8-14-9-10/h1-4,10,14H,5-9H2. The highest BCUT2D eigenvalue weighted by atomic mass is 32.1. The van der Waals surface area contributed by atoms with E-state index in [2.05, 4.69) is 34.6 Å². The van der Waals surface area contributed by atoms with Gasteiger partial charge in [0, 0.05) is 0 Å². The molecule has 0 spiro atoms. The van der Waals surface area contributed by atoms with Crippen LogP contribution in [0.1, 0.15) is 17.8 Å². The van der Waals surface area contributed by atoms with E-state index in [4.69, 9.17) is 0 Å². The number of aryl methyl sites for hydroxylation is 1. The van der Waals surface area contributed by atoms with Gasteiger partial charge in [0.1, 0.15) is 0 Å². The van der Waals surface area contributed by atoms with Crippen molar-refractivity contribution in [1.29, 1.82) is 0 Å². The van der Waals surface area contributed by atoms with Gasteiger partial charge in [-0.25, -0.2) is 4.98 Å². The molecule has 1 N–H and O–H groups in total. The summed E-state index contributed by atoms with van der Waals surface area (Å²) in [5.41, 5.74) is 1.16. The first kappa shape index (κ1) is 10.2. The van der Waals surface area contributed by atoms with E-state index in [0.29, 0.717) is 0 Å². The first-order valence-electron chi connectivity index (χ1n) is 5.97. The van der Waals surface area contributed by atoms with Crippen LogP contribution in [0, 0.1) is 5.92 Å². The molecular formula is C13H16N2S. The number of hydrogen-bond donors (Lipinski definition) is 1. The van der Waals surface area contributed by atoms with Crippen molar-refractivity contribution in [2.75, 3.05) is 13.1 Å². The average molecular weight is 232 g/mol. The molecule has 16 heavy (non-hydrogen) atoms. The molecule has 2 heterocycles. The Morgan fingerprint density at radius 3 is 3.12 bits per heavy atom. The molecule has 0 aliphatic carbocycles. The zero-order chi connectivity index (χ0) is 10.8. The van der Waals surface area contributed by atoms with Crippen LogP contribution in [-0.2, 0) is 6.42 Å². The van der Waals surface area contributed by atoms with Crippen LogP contribution < -0.4 is 5.32 Å². The third kappa shape index (κ3) is 2.11. The summed E-state index contributed by atoms with van der Waals surface area (Å²) < 4.78 is 1.32. The predicted molar refractivity (Wildman–Crippen MR) is 68.9 cm³/mol. The lowest BCUT2D eigenvalue weighted by atomic mass is 10.0. The molecular weight excluding hydrogens is 216 g/mol. The van der Waals surface area contributed by atoms with Crippen LogP contribution in [0.5, 0.6) is 0 Å². The summed E-state index contributed by atoms with van der Waals surface area (Å²) in [7, 11) is 0. The molecule has 1 aliphatic heterocycles. The summed E-state index contributed by atoms with van der Waals surface area (Å²) in [4.78, 5) is 4.67. The van der Waals surface area contributed by atoms with Crippen molar-refractivity contribution in [1.82, 2.24) is 10.3 Å². The van der Waals surface area contributed by atoms with Crippen molar-refractivity contribution in [2.24, 2.45) is 5.92 Å².